The Labute approximate surface area is 96.5 Å². The van der Waals surface area contributed by atoms with Crippen LogP contribution in [0.4, 0.5) is 13.2 Å². The summed E-state index contributed by atoms with van der Waals surface area (Å²) < 4.78 is 47.8. The maximum atomic E-state index is 12.7. The Morgan fingerprint density at radius 1 is 1.29 bits per heavy atom. The maximum Gasteiger partial charge on any atom is 0.416 e. The van der Waals surface area contributed by atoms with Gasteiger partial charge >= 0.3 is 6.18 Å². The van der Waals surface area contributed by atoms with E-state index in [1.807, 2.05) is 0 Å². The lowest BCUT2D eigenvalue weighted by Gasteiger charge is -2.23. The monoisotopic (exact) mass is 250 g/mol. The smallest absolute Gasteiger partial charge is 0.354 e. The predicted molar refractivity (Wildman–Crippen MR) is 54.0 cm³/mol. The van der Waals surface area contributed by atoms with E-state index in [9.17, 15) is 13.2 Å². The summed E-state index contributed by atoms with van der Waals surface area (Å²) in [6, 6.07) is -0.187. The lowest BCUT2D eigenvalue weighted by atomic mass is 10.0. The maximum absolute atomic E-state index is 12.7. The van der Waals surface area contributed by atoms with Crippen LogP contribution in [0.15, 0.2) is 18.5 Å². The highest BCUT2D eigenvalue weighted by Crippen LogP contribution is 2.34. The third kappa shape index (κ3) is 3.15. The minimum absolute atomic E-state index is 0.159. The van der Waals surface area contributed by atoms with Gasteiger partial charge in [-0.1, -0.05) is 0 Å². The van der Waals surface area contributed by atoms with Crippen molar-refractivity contribution >= 4 is 0 Å². The van der Waals surface area contributed by atoms with Crippen molar-refractivity contribution < 1.29 is 22.6 Å². The van der Waals surface area contributed by atoms with Crippen LogP contribution in [0.5, 0.6) is 0 Å². The third-order valence-electron chi connectivity index (χ3n) is 2.27. The normalized spacial score (nSPS) is 14.1. The molecule has 17 heavy (non-hydrogen) atoms. The van der Waals surface area contributed by atoms with E-state index in [0.29, 0.717) is 0 Å². The number of ether oxygens (including phenoxy) is 2. The van der Waals surface area contributed by atoms with Gasteiger partial charge in [-0.15, -0.1) is 0 Å². The van der Waals surface area contributed by atoms with Crippen LogP contribution in [-0.2, 0) is 15.7 Å². The van der Waals surface area contributed by atoms with Gasteiger partial charge in [0, 0.05) is 32.2 Å². The molecule has 0 amide bonds. The molecule has 1 heterocycles. The SMILES string of the molecule is COC(OC)C(N)c1cnccc1C(F)(F)F. The summed E-state index contributed by atoms with van der Waals surface area (Å²) in [5.74, 6) is 0. The van der Waals surface area contributed by atoms with Crippen LogP contribution in [0.2, 0.25) is 0 Å². The number of nitrogens with zero attached hydrogens (tertiary/aromatic N) is 1. The summed E-state index contributed by atoms with van der Waals surface area (Å²) in [6.45, 7) is 0. The molecule has 0 bridgehead atoms. The minimum atomic E-state index is -4.48. The van der Waals surface area contributed by atoms with Gasteiger partial charge in [-0.05, 0) is 6.07 Å². The lowest BCUT2D eigenvalue weighted by Crippen LogP contribution is -2.31. The molecule has 0 aromatic carbocycles. The molecular weight excluding hydrogens is 237 g/mol. The van der Waals surface area contributed by atoms with Crippen LogP contribution in [-0.4, -0.2) is 25.5 Å². The van der Waals surface area contributed by atoms with Gasteiger partial charge in [0.2, 0.25) is 0 Å². The second-order valence-corrected chi connectivity index (χ2v) is 3.33. The molecule has 96 valence electrons. The summed E-state index contributed by atoms with van der Waals surface area (Å²) in [6.07, 6.45) is -3.31. The van der Waals surface area contributed by atoms with Crippen molar-refractivity contribution in [3.8, 4) is 0 Å². The molecule has 7 heteroatoms. The van der Waals surface area contributed by atoms with E-state index in [1.54, 1.807) is 0 Å². The van der Waals surface area contributed by atoms with Gasteiger partial charge in [-0.25, -0.2) is 0 Å². The van der Waals surface area contributed by atoms with Crippen molar-refractivity contribution in [1.29, 1.82) is 0 Å². The third-order valence-corrected chi connectivity index (χ3v) is 2.27. The standard InChI is InChI=1S/C10H13F3N2O2/c1-16-9(17-2)8(14)6-5-15-4-3-7(6)10(11,12)13/h3-5,8-9H,14H2,1-2H3. The Hall–Kier alpha value is -1.18. The van der Waals surface area contributed by atoms with E-state index in [0.717, 1.165) is 18.5 Å². The summed E-state index contributed by atoms with van der Waals surface area (Å²) in [4.78, 5) is 3.64. The van der Waals surface area contributed by atoms with Gasteiger partial charge < -0.3 is 15.2 Å². The molecule has 0 aliphatic heterocycles. The average Bonchev–Trinajstić information content (AvgIpc) is 2.29. The van der Waals surface area contributed by atoms with Crippen LogP contribution in [0.3, 0.4) is 0 Å². The molecule has 0 spiro atoms. The number of nitrogens with two attached hydrogens (primary N) is 1. The first-order chi connectivity index (χ1) is 7.91. The van der Waals surface area contributed by atoms with Crippen LogP contribution in [0, 0.1) is 0 Å². The van der Waals surface area contributed by atoms with Crippen LogP contribution in [0.1, 0.15) is 17.2 Å². The van der Waals surface area contributed by atoms with E-state index in [4.69, 9.17) is 15.2 Å². The van der Waals surface area contributed by atoms with Crippen molar-refractivity contribution in [2.24, 2.45) is 5.73 Å². The average molecular weight is 250 g/mol. The molecule has 0 saturated heterocycles. The van der Waals surface area contributed by atoms with E-state index in [2.05, 4.69) is 4.98 Å². The first kappa shape index (κ1) is 13.9. The van der Waals surface area contributed by atoms with Crippen molar-refractivity contribution in [1.82, 2.24) is 4.98 Å². The zero-order chi connectivity index (χ0) is 13.1. The lowest BCUT2D eigenvalue weighted by molar-refractivity contribution is -0.142. The number of hydrogen-bond acceptors (Lipinski definition) is 4. The van der Waals surface area contributed by atoms with Crippen LogP contribution in [0.25, 0.3) is 0 Å². The molecule has 1 rings (SSSR count). The first-order valence-electron chi connectivity index (χ1n) is 4.74. The van der Waals surface area contributed by atoms with Crippen molar-refractivity contribution in [3.63, 3.8) is 0 Å². The van der Waals surface area contributed by atoms with Crippen molar-refractivity contribution in [2.75, 3.05) is 14.2 Å². The molecule has 0 saturated carbocycles. The number of halogens is 3. The molecule has 0 radical (unpaired) electrons. The second-order valence-electron chi connectivity index (χ2n) is 3.33. The Morgan fingerprint density at radius 2 is 1.88 bits per heavy atom. The summed E-state index contributed by atoms with van der Waals surface area (Å²) >= 11 is 0. The van der Waals surface area contributed by atoms with Gasteiger partial charge in [-0.3, -0.25) is 4.98 Å². The van der Waals surface area contributed by atoms with Gasteiger partial charge in [0.05, 0.1) is 11.6 Å². The summed E-state index contributed by atoms with van der Waals surface area (Å²) in [7, 11) is 2.61. The van der Waals surface area contributed by atoms with Gasteiger partial charge in [0.15, 0.2) is 6.29 Å². The van der Waals surface area contributed by atoms with E-state index < -0.39 is 24.1 Å². The van der Waals surface area contributed by atoms with Gasteiger partial charge in [0.25, 0.3) is 0 Å². The van der Waals surface area contributed by atoms with Crippen molar-refractivity contribution in [3.05, 3.63) is 29.6 Å². The van der Waals surface area contributed by atoms with Crippen LogP contribution >= 0.6 is 0 Å². The second kappa shape index (κ2) is 5.44. The number of methoxy groups -OCH3 is 2. The quantitative estimate of drug-likeness (QED) is 0.826. The minimum Gasteiger partial charge on any atom is -0.354 e. The fourth-order valence-corrected chi connectivity index (χ4v) is 1.47. The zero-order valence-electron chi connectivity index (χ0n) is 9.36. The number of aromatic nitrogens is 1. The van der Waals surface area contributed by atoms with E-state index in [1.165, 1.54) is 14.2 Å². The highest BCUT2D eigenvalue weighted by Gasteiger charge is 2.36. The summed E-state index contributed by atoms with van der Waals surface area (Å²) in [5, 5.41) is 0. The zero-order valence-corrected chi connectivity index (χ0v) is 9.36. The predicted octanol–water partition coefficient (Wildman–Crippen LogP) is 1.72. The number of hydrogen-bond donors (Lipinski definition) is 1. The van der Waals surface area contributed by atoms with E-state index in [-0.39, 0.29) is 5.56 Å². The Morgan fingerprint density at radius 3 is 2.35 bits per heavy atom. The fraction of sp³-hybridized carbons (Fsp3) is 0.500. The number of pyridine rings is 1. The molecule has 0 aliphatic carbocycles. The summed E-state index contributed by atoms with van der Waals surface area (Å²) in [5.41, 5.74) is 4.68. The largest absolute Gasteiger partial charge is 0.416 e. The van der Waals surface area contributed by atoms with Crippen LogP contribution < -0.4 is 5.73 Å². The highest BCUT2D eigenvalue weighted by molar-refractivity contribution is 5.29. The first-order valence-corrected chi connectivity index (χ1v) is 4.74. The van der Waals surface area contributed by atoms with Crippen molar-refractivity contribution in [2.45, 2.75) is 18.5 Å². The number of rotatable bonds is 4. The molecule has 4 nitrogen and oxygen atoms in total. The van der Waals surface area contributed by atoms with E-state index >= 15 is 0 Å². The Bertz CT molecular complexity index is 367. The topological polar surface area (TPSA) is 57.4 Å². The Balaban J connectivity index is 3.13. The highest BCUT2D eigenvalue weighted by atomic mass is 19.4. The molecule has 0 fully saturated rings. The Kier molecular flexibility index (Phi) is 4.44. The fourth-order valence-electron chi connectivity index (χ4n) is 1.47. The molecule has 1 atom stereocenters. The molecule has 1 aromatic heterocycles. The molecule has 1 aromatic rings. The molecule has 0 aliphatic rings. The molecule has 1 unspecified atom stereocenters. The number of alkyl halides is 3. The van der Waals surface area contributed by atoms with Gasteiger partial charge in [0.1, 0.15) is 0 Å². The molecular formula is C10H13F3N2O2. The molecule has 2 N–H and O–H groups in total. The van der Waals surface area contributed by atoms with Gasteiger partial charge in [-0.2, -0.15) is 13.2 Å².